The molecular formula is C9H10NO2-. The number of para-hydroxylation sites is 1. The van der Waals surface area contributed by atoms with Gasteiger partial charge in [-0.2, -0.15) is 0 Å². The fourth-order valence-corrected chi connectivity index (χ4v) is 0.967. The van der Waals surface area contributed by atoms with Crippen molar-refractivity contribution in [3.8, 4) is 0 Å². The summed E-state index contributed by atoms with van der Waals surface area (Å²) in [5, 5.41) is 10.2. The molecule has 3 heteroatoms. The Morgan fingerprint density at radius 1 is 1.42 bits per heavy atom. The maximum absolute atomic E-state index is 10.2. The van der Waals surface area contributed by atoms with Crippen LogP contribution in [0.15, 0.2) is 30.3 Å². The summed E-state index contributed by atoms with van der Waals surface area (Å²) >= 11 is 0. The molecule has 12 heavy (non-hydrogen) atoms. The van der Waals surface area contributed by atoms with E-state index in [1.54, 1.807) is 11.9 Å². The van der Waals surface area contributed by atoms with E-state index in [1.807, 2.05) is 30.3 Å². The summed E-state index contributed by atoms with van der Waals surface area (Å²) in [4.78, 5) is 11.9. The summed E-state index contributed by atoms with van der Waals surface area (Å²) in [6.07, 6.45) is 0. The Hall–Kier alpha value is -1.51. The normalized spacial score (nSPS) is 9.42. The van der Waals surface area contributed by atoms with Gasteiger partial charge in [0.05, 0.1) is 12.5 Å². The van der Waals surface area contributed by atoms with Crippen molar-refractivity contribution in [3.05, 3.63) is 30.3 Å². The summed E-state index contributed by atoms with van der Waals surface area (Å²) in [7, 11) is 1.71. The lowest BCUT2D eigenvalue weighted by Gasteiger charge is -2.19. The summed E-state index contributed by atoms with van der Waals surface area (Å²) in [5.41, 5.74) is 0.877. The van der Waals surface area contributed by atoms with Gasteiger partial charge in [0.1, 0.15) is 0 Å². The van der Waals surface area contributed by atoms with Gasteiger partial charge >= 0.3 is 0 Å². The minimum atomic E-state index is -1.07. The molecule has 1 rings (SSSR count). The van der Waals surface area contributed by atoms with Crippen LogP contribution in [0.1, 0.15) is 0 Å². The van der Waals surface area contributed by atoms with Crippen molar-refractivity contribution in [1.82, 2.24) is 0 Å². The van der Waals surface area contributed by atoms with Crippen LogP contribution in [0.2, 0.25) is 0 Å². The molecule has 0 unspecified atom stereocenters. The third-order valence-corrected chi connectivity index (χ3v) is 1.56. The maximum atomic E-state index is 10.2. The third-order valence-electron chi connectivity index (χ3n) is 1.56. The van der Waals surface area contributed by atoms with Gasteiger partial charge in [0, 0.05) is 12.7 Å². The molecule has 0 N–H and O–H groups in total. The van der Waals surface area contributed by atoms with Gasteiger partial charge in [-0.25, -0.2) is 0 Å². The number of carbonyl (C=O) groups excluding carboxylic acids is 1. The highest BCUT2D eigenvalue weighted by Gasteiger charge is 1.97. The fraction of sp³-hybridized carbons (Fsp3) is 0.222. The second kappa shape index (κ2) is 3.76. The topological polar surface area (TPSA) is 43.4 Å². The van der Waals surface area contributed by atoms with Crippen molar-refractivity contribution in [2.45, 2.75) is 0 Å². The van der Waals surface area contributed by atoms with Gasteiger partial charge in [0.2, 0.25) is 0 Å². The number of hydrogen-bond acceptors (Lipinski definition) is 3. The minimum absolute atomic E-state index is 0.0794. The Kier molecular flexibility index (Phi) is 2.69. The van der Waals surface area contributed by atoms with Crippen LogP contribution in [0.5, 0.6) is 0 Å². The SMILES string of the molecule is CN(CC(=O)[O-])c1ccccc1. The second-order valence-electron chi connectivity index (χ2n) is 2.56. The van der Waals surface area contributed by atoms with E-state index in [0.717, 1.165) is 5.69 Å². The zero-order valence-corrected chi connectivity index (χ0v) is 6.86. The Morgan fingerprint density at radius 2 is 2.00 bits per heavy atom. The Balaban J connectivity index is 2.65. The van der Waals surface area contributed by atoms with Gasteiger partial charge in [0.25, 0.3) is 0 Å². The molecule has 0 heterocycles. The number of hydrogen-bond donors (Lipinski definition) is 0. The summed E-state index contributed by atoms with van der Waals surface area (Å²) in [6, 6.07) is 9.31. The van der Waals surface area contributed by atoms with Crippen LogP contribution in [0.4, 0.5) is 5.69 Å². The van der Waals surface area contributed by atoms with Crippen LogP contribution < -0.4 is 10.0 Å². The third kappa shape index (κ3) is 2.27. The van der Waals surface area contributed by atoms with Crippen molar-refractivity contribution >= 4 is 11.7 Å². The van der Waals surface area contributed by atoms with Crippen molar-refractivity contribution in [2.24, 2.45) is 0 Å². The zero-order valence-electron chi connectivity index (χ0n) is 6.86. The number of aliphatic carboxylic acids is 1. The van der Waals surface area contributed by atoms with Crippen molar-refractivity contribution in [1.29, 1.82) is 0 Å². The summed E-state index contributed by atoms with van der Waals surface area (Å²) in [5.74, 6) is -1.07. The van der Waals surface area contributed by atoms with E-state index in [1.165, 1.54) is 0 Å². The van der Waals surface area contributed by atoms with Gasteiger partial charge in [-0.15, -0.1) is 0 Å². The number of likely N-dealkylation sites (N-methyl/N-ethyl adjacent to an activating group) is 1. The molecular weight excluding hydrogens is 154 g/mol. The molecule has 1 aromatic rings. The Morgan fingerprint density at radius 3 is 2.50 bits per heavy atom. The van der Waals surface area contributed by atoms with E-state index >= 15 is 0 Å². The van der Waals surface area contributed by atoms with Gasteiger partial charge in [0.15, 0.2) is 0 Å². The highest BCUT2D eigenvalue weighted by molar-refractivity contribution is 5.71. The maximum Gasteiger partial charge on any atom is 0.0608 e. The van der Waals surface area contributed by atoms with E-state index in [9.17, 15) is 9.90 Å². The van der Waals surface area contributed by atoms with E-state index in [-0.39, 0.29) is 6.54 Å². The van der Waals surface area contributed by atoms with Gasteiger partial charge in [-0.05, 0) is 12.1 Å². The summed E-state index contributed by atoms with van der Waals surface area (Å²) < 4.78 is 0. The predicted molar refractivity (Wildman–Crippen MR) is 44.7 cm³/mol. The molecule has 0 fully saturated rings. The first kappa shape index (κ1) is 8.59. The molecule has 0 saturated carbocycles. The number of anilines is 1. The molecule has 1 aromatic carbocycles. The molecule has 0 bridgehead atoms. The second-order valence-corrected chi connectivity index (χ2v) is 2.56. The smallest absolute Gasteiger partial charge is 0.0608 e. The van der Waals surface area contributed by atoms with Crippen LogP contribution in [-0.4, -0.2) is 19.6 Å². The molecule has 0 atom stereocenters. The van der Waals surface area contributed by atoms with Gasteiger partial charge in [-0.1, -0.05) is 18.2 Å². The first-order valence-electron chi connectivity index (χ1n) is 3.66. The van der Waals surface area contributed by atoms with Crippen LogP contribution in [-0.2, 0) is 4.79 Å². The number of carbonyl (C=O) groups is 1. The van der Waals surface area contributed by atoms with Crippen LogP contribution in [0, 0.1) is 0 Å². The van der Waals surface area contributed by atoms with Crippen molar-refractivity contribution in [2.75, 3.05) is 18.5 Å². The minimum Gasteiger partial charge on any atom is -0.548 e. The van der Waals surface area contributed by atoms with Gasteiger partial charge < -0.3 is 14.8 Å². The standard InChI is InChI=1S/C9H11NO2/c1-10(7-9(11)12)8-5-3-2-4-6-8/h2-6H,7H2,1H3,(H,11,12)/p-1. The van der Waals surface area contributed by atoms with Crippen LogP contribution >= 0.6 is 0 Å². The van der Waals surface area contributed by atoms with Gasteiger partial charge in [-0.3, -0.25) is 0 Å². The lowest BCUT2D eigenvalue weighted by Crippen LogP contribution is -2.35. The quantitative estimate of drug-likeness (QED) is 0.625. The van der Waals surface area contributed by atoms with Crippen LogP contribution in [0.3, 0.4) is 0 Å². The van der Waals surface area contributed by atoms with E-state index in [0.29, 0.717) is 0 Å². The Bertz CT molecular complexity index is 258. The molecule has 0 aliphatic heterocycles. The number of benzene rings is 1. The first-order chi connectivity index (χ1) is 5.70. The predicted octanol–water partition coefficient (Wildman–Crippen LogP) is -0.127. The number of nitrogens with zero attached hydrogens (tertiary/aromatic N) is 1. The monoisotopic (exact) mass is 164 g/mol. The molecule has 0 aliphatic carbocycles. The molecule has 0 amide bonds. The molecule has 64 valence electrons. The van der Waals surface area contributed by atoms with E-state index in [4.69, 9.17) is 0 Å². The highest BCUT2D eigenvalue weighted by atomic mass is 16.4. The van der Waals surface area contributed by atoms with Crippen molar-refractivity contribution in [3.63, 3.8) is 0 Å². The number of carboxylic acid groups (broad SMARTS) is 1. The lowest BCUT2D eigenvalue weighted by atomic mass is 10.3. The lowest BCUT2D eigenvalue weighted by molar-refractivity contribution is -0.303. The fourth-order valence-electron chi connectivity index (χ4n) is 0.967. The first-order valence-corrected chi connectivity index (χ1v) is 3.66. The highest BCUT2D eigenvalue weighted by Crippen LogP contribution is 2.09. The van der Waals surface area contributed by atoms with Crippen molar-refractivity contribution < 1.29 is 9.90 Å². The molecule has 0 aromatic heterocycles. The van der Waals surface area contributed by atoms with Crippen LogP contribution in [0.25, 0.3) is 0 Å². The average Bonchev–Trinajstić information content (AvgIpc) is 2.05. The molecule has 3 nitrogen and oxygen atoms in total. The number of rotatable bonds is 3. The largest absolute Gasteiger partial charge is 0.548 e. The molecule has 0 spiro atoms. The molecule has 0 saturated heterocycles. The van der Waals surface area contributed by atoms with E-state index in [2.05, 4.69) is 0 Å². The summed E-state index contributed by atoms with van der Waals surface area (Å²) in [6.45, 7) is -0.0794. The molecule has 0 aliphatic rings. The zero-order chi connectivity index (χ0) is 8.97. The Labute approximate surface area is 71.2 Å². The molecule has 0 radical (unpaired) electrons. The average molecular weight is 164 g/mol. The number of carboxylic acids is 1. The van der Waals surface area contributed by atoms with E-state index < -0.39 is 5.97 Å².